The quantitative estimate of drug-likeness (QED) is 0.354. The number of rotatable bonds is 2. The molecule has 1 heterocycles. The number of nitrogens with zero attached hydrogens (tertiary/aromatic N) is 3. The predicted molar refractivity (Wildman–Crippen MR) is 57.6 cm³/mol. The van der Waals surface area contributed by atoms with Gasteiger partial charge in [-0.05, 0) is 19.2 Å². The number of hydrogen-bond donors (Lipinski definition) is 0. The number of nitriles is 1. The maximum absolute atomic E-state index is 13.1. The first-order chi connectivity index (χ1) is 7.47. The third-order valence-corrected chi connectivity index (χ3v) is 3.26. The van der Waals surface area contributed by atoms with Gasteiger partial charge in [0.15, 0.2) is 16.2 Å². The zero-order chi connectivity index (χ0) is 12.3. The van der Waals surface area contributed by atoms with Crippen molar-refractivity contribution in [2.75, 3.05) is 6.26 Å². The molecule has 0 saturated carbocycles. The maximum atomic E-state index is 13.1. The van der Waals surface area contributed by atoms with Crippen molar-refractivity contribution in [1.82, 2.24) is 4.98 Å². The Balaban J connectivity index is 3.16. The Morgan fingerprint density at radius 1 is 1.75 bits per heavy atom. The zero-order valence-corrected chi connectivity index (χ0v) is 10.2. The van der Waals surface area contributed by atoms with E-state index in [0.29, 0.717) is 5.56 Å². The summed E-state index contributed by atoms with van der Waals surface area (Å²) in [7, 11) is -1.46. The summed E-state index contributed by atoms with van der Waals surface area (Å²) in [6, 6.07) is 0.659. The molecule has 7 heteroatoms. The molecule has 0 aliphatic rings. The summed E-state index contributed by atoms with van der Waals surface area (Å²) in [5, 5.41) is 8.57. The number of halogens is 2. The minimum Gasteiger partial charge on any atom is -0.772 e. The van der Waals surface area contributed by atoms with Gasteiger partial charge in [0.1, 0.15) is 6.04 Å². The van der Waals surface area contributed by atoms with E-state index in [9.17, 15) is 8.94 Å². The van der Waals surface area contributed by atoms with E-state index < -0.39 is 22.8 Å². The fourth-order valence-corrected chi connectivity index (χ4v) is 1.95. The van der Waals surface area contributed by atoms with Crippen LogP contribution in [0.3, 0.4) is 0 Å². The second kappa shape index (κ2) is 5.34. The van der Waals surface area contributed by atoms with E-state index in [4.69, 9.17) is 16.9 Å². The van der Waals surface area contributed by atoms with Crippen molar-refractivity contribution in [2.45, 2.75) is 13.0 Å². The van der Waals surface area contributed by atoms with Gasteiger partial charge in [0.2, 0.25) is 0 Å². The Labute approximate surface area is 100 Å². The van der Waals surface area contributed by atoms with Crippen LogP contribution in [0.15, 0.2) is 12.3 Å². The van der Waals surface area contributed by atoms with Crippen LogP contribution in [-0.2, 0) is 11.0 Å². The van der Waals surface area contributed by atoms with E-state index >= 15 is 0 Å². The lowest BCUT2D eigenvalue weighted by molar-refractivity contribution is -0.463. The van der Waals surface area contributed by atoms with E-state index in [-0.39, 0.29) is 5.15 Å². The van der Waals surface area contributed by atoms with E-state index in [0.717, 1.165) is 3.95 Å². The normalized spacial score (nSPS) is 15.1. The molecule has 0 aliphatic carbocycles. The summed E-state index contributed by atoms with van der Waals surface area (Å²) in [5.41, 5.74) is 0.443. The summed E-state index contributed by atoms with van der Waals surface area (Å²) < 4.78 is 25.4. The molecule has 0 spiro atoms. The molecule has 0 saturated heterocycles. The standard InChI is InChI=1S/C9H9ClFN3OS/c1-6(14(5-12)16(2)15)7-3-8(11)9(10)13-4-7/h3-4,6H,1-2H3. The highest BCUT2D eigenvalue weighted by Gasteiger charge is 2.17. The minimum atomic E-state index is -1.46. The van der Waals surface area contributed by atoms with Gasteiger partial charge in [-0.1, -0.05) is 11.6 Å². The molecule has 0 radical (unpaired) electrons. The van der Waals surface area contributed by atoms with Gasteiger partial charge in [-0.3, -0.25) is 0 Å². The molecule has 0 aromatic carbocycles. The fourth-order valence-electron chi connectivity index (χ4n) is 1.17. The molecule has 0 N–H and O–H groups in total. The lowest BCUT2D eigenvalue weighted by atomic mass is 10.1. The second-order valence-corrected chi connectivity index (χ2v) is 4.67. The molecule has 0 bridgehead atoms. The van der Waals surface area contributed by atoms with Gasteiger partial charge in [0, 0.05) is 11.8 Å². The average Bonchev–Trinajstić information content (AvgIpc) is 2.22. The Morgan fingerprint density at radius 3 is 2.81 bits per heavy atom. The van der Waals surface area contributed by atoms with E-state index in [1.807, 2.05) is 0 Å². The lowest BCUT2D eigenvalue weighted by Gasteiger charge is -2.14. The maximum Gasteiger partial charge on any atom is 0.465 e. The van der Waals surface area contributed by atoms with Crippen molar-refractivity contribution in [3.05, 3.63) is 28.8 Å². The summed E-state index contributed by atoms with van der Waals surface area (Å²) in [5.74, 6) is -0.661. The molecule has 86 valence electrons. The van der Waals surface area contributed by atoms with Crippen LogP contribution in [0.5, 0.6) is 0 Å². The Hall–Kier alpha value is -1.03. The largest absolute Gasteiger partial charge is 0.772 e. The van der Waals surface area contributed by atoms with Gasteiger partial charge in [0.25, 0.3) is 0 Å². The molecule has 0 aliphatic heterocycles. The molecule has 2 atom stereocenters. The lowest BCUT2D eigenvalue weighted by Crippen LogP contribution is -2.15. The number of pyridine rings is 1. The van der Waals surface area contributed by atoms with Crippen molar-refractivity contribution in [3.63, 3.8) is 0 Å². The van der Waals surface area contributed by atoms with Gasteiger partial charge in [-0.15, -0.1) is 11.0 Å². The van der Waals surface area contributed by atoms with Crippen molar-refractivity contribution >= 4 is 22.6 Å². The van der Waals surface area contributed by atoms with Crippen LogP contribution in [0.1, 0.15) is 18.5 Å². The van der Waals surface area contributed by atoms with Gasteiger partial charge in [-0.2, -0.15) is 3.95 Å². The average molecular weight is 262 g/mol. The smallest absolute Gasteiger partial charge is 0.465 e. The van der Waals surface area contributed by atoms with Crippen LogP contribution < -0.4 is 0 Å². The molecule has 1 aromatic rings. The molecule has 16 heavy (non-hydrogen) atoms. The van der Waals surface area contributed by atoms with Crippen LogP contribution in [0.2, 0.25) is 5.15 Å². The molecule has 4 nitrogen and oxygen atoms in total. The highest BCUT2D eigenvalue weighted by atomic mass is 35.5. The summed E-state index contributed by atoms with van der Waals surface area (Å²) >= 11 is 5.44. The Kier molecular flexibility index (Phi) is 4.35. The zero-order valence-electron chi connectivity index (χ0n) is 8.65. The third kappa shape index (κ3) is 2.76. The minimum absolute atomic E-state index is 0.225. The van der Waals surface area contributed by atoms with E-state index in [2.05, 4.69) is 4.98 Å². The summed E-state index contributed by atoms with van der Waals surface area (Å²) in [6.07, 6.45) is 4.51. The SMILES string of the molecule is CC(c1cnc(Cl)c(F)c1)[N+](C#N)=S(C)[O-]. The highest BCUT2D eigenvalue weighted by Crippen LogP contribution is 2.20. The Morgan fingerprint density at radius 2 is 2.38 bits per heavy atom. The molecule has 2 unspecified atom stereocenters. The van der Waals surface area contributed by atoms with Crippen LogP contribution in [0.4, 0.5) is 4.39 Å². The van der Waals surface area contributed by atoms with Crippen LogP contribution in [-0.4, -0.2) is 19.7 Å². The number of hydrogen-bond acceptors (Lipinski definition) is 3. The first-order valence-electron chi connectivity index (χ1n) is 4.30. The molecule has 0 fully saturated rings. The topological polar surface area (TPSA) is 62.8 Å². The molecule has 0 amide bonds. The van der Waals surface area contributed by atoms with Gasteiger partial charge >= 0.3 is 6.19 Å². The van der Waals surface area contributed by atoms with Crippen LogP contribution in [0.25, 0.3) is 0 Å². The summed E-state index contributed by atoms with van der Waals surface area (Å²) in [4.78, 5) is 3.63. The first-order valence-corrected chi connectivity index (χ1v) is 6.20. The molecular weight excluding hydrogens is 253 g/mol. The summed E-state index contributed by atoms with van der Waals surface area (Å²) in [6.45, 7) is 1.63. The second-order valence-electron chi connectivity index (χ2n) is 3.07. The molecule has 1 aromatic heterocycles. The van der Waals surface area contributed by atoms with Crippen molar-refractivity contribution < 1.29 is 12.9 Å². The van der Waals surface area contributed by atoms with Crippen molar-refractivity contribution in [2.24, 2.45) is 0 Å². The fraction of sp³-hybridized carbons (Fsp3) is 0.333. The van der Waals surface area contributed by atoms with Crippen LogP contribution in [0, 0.1) is 17.3 Å². The Bertz CT molecular complexity index is 482. The van der Waals surface area contributed by atoms with E-state index in [1.54, 1.807) is 13.1 Å². The number of aromatic nitrogens is 1. The molecule has 1 rings (SSSR count). The van der Waals surface area contributed by atoms with Gasteiger partial charge in [0.05, 0.1) is 0 Å². The predicted octanol–water partition coefficient (Wildman–Crippen LogP) is 1.99. The van der Waals surface area contributed by atoms with Crippen LogP contribution >= 0.6 is 11.6 Å². The van der Waals surface area contributed by atoms with Gasteiger partial charge < -0.3 is 4.55 Å². The molecular formula is C9H9ClFN3OS. The third-order valence-electron chi connectivity index (χ3n) is 2.03. The highest BCUT2D eigenvalue weighted by molar-refractivity contribution is 7.78. The monoisotopic (exact) mass is 261 g/mol. The van der Waals surface area contributed by atoms with Crippen molar-refractivity contribution in [1.29, 1.82) is 5.26 Å². The van der Waals surface area contributed by atoms with Crippen molar-refractivity contribution in [3.8, 4) is 6.19 Å². The first kappa shape index (κ1) is 13.0. The van der Waals surface area contributed by atoms with Gasteiger partial charge in [-0.25, -0.2) is 9.37 Å². The van der Waals surface area contributed by atoms with E-state index in [1.165, 1.54) is 18.5 Å².